The Bertz CT molecular complexity index is 642. The quantitative estimate of drug-likeness (QED) is 0.911. The highest BCUT2D eigenvalue weighted by Crippen LogP contribution is 2.36. The van der Waals surface area contributed by atoms with Crippen LogP contribution >= 0.6 is 0 Å². The molecular formula is C16H16F3NO2. The second-order valence-electron chi connectivity index (χ2n) is 4.71. The van der Waals surface area contributed by atoms with Gasteiger partial charge in [0.2, 0.25) is 0 Å². The lowest BCUT2D eigenvalue weighted by molar-refractivity contribution is -0.274. The number of hydrogen-bond acceptors (Lipinski definition) is 3. The van der Waals surface area contributed by atoms with Gasteiger partial charge in [0, 0.05) is 18.2 Å². The van der Waals surface area contributed by atoms with Crippen molar-refractivity contribution in [3.63, 3.8) is 0 Å². The van der Waals surface area contributed by atoms with Crippen LogP contribution in [0.1, 0.15) is 5.56 Å². The fourth-order valence-electron chi connectivity index (χ4n) is 2.03. The first-order valence-corrected chi connectivity index (χ1v) is 6.69. The van der Waals surface area contributed by atoms with E-state index < -0.39 is 6.36 Å². The normalized spacial score (nSPS) is 11.3. The maximum Gasteiger partial charge on any atom is 0.573 e. The van der Waals surface area contributed by atoms with E-state index in [0.717, 1.165) is 5.56 Å². The Morgan fingerprint density at radius 2 is 1.86 bits per heavy atom. The Morgan fingerprint density at radius 1 is 1.09 bits per heavy atom. The van der Waals surface area contributed by atoms with E-state index in [1.54, 1.807) is 30.3 Å². The summed E-state index contributed by atoms with van der Waals surface area (Å²) in [7, 11) is 0. The van der Waals surface area contributed by atoms with Gasteiger partial charge in [-0.25, -0.2) is 0 Å². The number of nitrogens with two attached hydrogens (primary N) is 1. The van der Waals surface area contributed by atoms with Crippen LogP contribution in [0.5, 0.6) is 11.5 Å². The third kappa shape index (κ3) is 4.39. The van der Waals surface area contributed by atoms with E-state index in [1.807, 2.05) is 13.0 Å². The SMILES string of the molecule is Cc1cccc(-c2ccc(OCCN)cc2OC(F)(F)F)c1. The molecule has 0 amide bonds. The highest BCUT2D eigenvalue weighted by atomic mass is 19.4. The third-order valence-corrected chi connectivity index (χ3v) is 2.89. The van der Waals surface area contributed by atoms with Crippen molar-refractivity contribution >= 4 is 0 Å². The number of hydrogen-bond donors (Lipinski definition) is 1. The van der Waals surface area contributed by atoms with Crippen molar-refractivity contribution in [2.45, 2.75) is 13.3 Å². The lowest BCUT2D eigenvalue weighted by atomic mass is 10.0. The number of rotatable bonds is 5. The molecule has 0 aliphatic heterocycles. The Hall–Kier alpha value is -2.21. The van der Waals surface area contributed by atoms with E-state index in [4.69, 9.17) is 10.5 Å². The fraction of sp³-hybridized carbons (Fsp3) is 0.250. The molecule has 0 heterocycles. The van der Waals surface area contributed by atoms with Crippen LogP contribution in [0, 0.1) is 6.92 Å². The largest absolute Gasteiger partial charge is 0.573 e. The molecule has 2 aromatic rings. The first-order chi connectivity index (χ1) is 10.4. The van der Waals surface area contributed by atoms with Crippen molar-refractivity contribution in [3.05, 3.63) is 48.0 Å². The number of alkyl halides is 3. The average Bonchev–Trinajstić information content (AvgIpc) is 2.43. The number of aryl methyl sites for hydroxylation is 1. The van der Waals surface area contributed by atoms with E-state index in [2.05, 4.69) is 4.74 Å². The van der Waals surface area contributed by atoms with Gasteiger partial charge in [-0.05, 0) is 24.6 Å². The fourth-order valence-corrected chi connectivity index (χ4v) is 2.03. The molecule has 118 valence electrons. The first-order valence-electron chi connectivity index (χ1n) is 6.69. The van der Waals surface area contributed by atoms with Gasteiger partial charge in [-0.15, -0.1) is 13.2 Å². The Kier molecular flexibility index (Phi) is 4.92. The van der Waals surface area contributed by atoms with E-state index in [0.29, 0.717) is 11.1 Å². The van der Waals surface area contributed by atoms with Gasteiger partial charge < -0.3 is 15.2 Å². The monoisotopic (exact) mass is 311 g/mol. The zero-order valence-electron chi connectivity index (χ0n) is 12.0. The Labute approximate surface area is 126 Å². The topological polar surface area (TPSA) is 44.5 Å². The number of benzene rings is 2. The van der Waals surface area contributed by atoms with E-state index in [-0.39, 0.29) is 24.7 Å². The van der Waals surface area contributed by atoms with Crippen LogP contribution in [0.4, 0.5) is 13.2 Å². The Balaban J connectivity index is 2.43. The summed E-state index contributed by atoms with van der Waals surface area (Å²) in [6.07, 6.45) is -4.77. The molecule has 0 atom stereocenters. The number of ether oxygens (including phenoxy) is 2. The molecule has 0 fully saturated rings. The molecule has 2 rings (SSSR count). The smallest absolute Gasteiger partial charge is 0.492 e. The van der Waals surface area contributed by atoms with Crippen molar-refractivity contribution in [1.29, 1.82) is 0 Å². The molecule has 0 saturated heterocycles. The van der Waals surface area contributed by atoms with Gasteiger partial charge in [0.15, 0.2) is 0 Å². The lowest BCUT2D eigenvalue weighted by Crippen LogP contribution is -2.18. The maximum absolute atomic E-state index is 12.6. The van der Waals surface area contributed by atoms with Crippen LogP contribution in [0.15, 0.2) is 42.5 Å². The summed E-state index contributed by atoms with van der Waals surface area (Å²) in [6.45, 7) is 2.36. The predicted molar refractivity (Wildman–Crippen MR) is 77.8 cm³/mol. The summed E-state index contributed by atoms with van der Waals surface area (Å²) >= 11 is 0. The molecular weight excluding hydrogens is 295 g/mol. The zero-order valence-corrected chi connectivity index (χ0v) is 12.0. The van der Waals surface area contributed by atoms with Gasteiger partial charge in [0.1, 0.15) is 18.1 Å². The highest BCUT2D eigenvalue weighted by Gasteiger charge is 2.32. The molecule has 2 aromatic carbocycles. The van der Waals surface area contributed by atoms with Crippen molar-refractivity contribution in [1.82, 2.24) is 0 Å². The van der Waals surface area contributed by atoms with Crippen LogP contribution < -0.4 is 15.2 Å². The van der Waals surface area contributed by atoms with Crippen LogP contribution in [-0.2, 0) is 0 Å². The van der Waals surface area contributed by atoms with Crippen molar-refractivity contribution in [2.24, 2.45) is 5.73 Å². The lowest BCUT2D eigenvalue weighted by Gasteiger charge is -2.15. The van der Waals surface area contributed by atoms with Crippen LogP contribution in [0.25, 0.3) is 11.1 Å². The molecule has 6 heteroatoms. The average molecular weight is 311 g/mol. The summed E-state index contributed by atoms with van der Waals surface area (Å²) in [4.78, 5) is 0. The molecule has 22 heavy (non-hydrogen) atoms. The van der Waals surface area contributed by atoms with Gasteiger partial charge in [-0.1, -0.05) is 29.8 Å². The standard InChI is InChI=1S/C16H16F3NO2/c1-11-3-2-4-12(9-11)14-6-5-13(21-8-7-20)10-15(14)22-16(17,18)19/h2-6,9-10H,7-8,20H2,1H3. The molecule has 0 aliphatic rings. The third-order valence-electron chi connectivity index (χ3n) is 2.89. The molecule has 0 unspecified atom stereocenters. The molecule has 0 radical (unpaired) electrons. The second-order valence-corrected chi connectivity index (χ2v) is 4.71. The van der Waals surface area contributed by atoms with Crippen molar-refractivity contribution in [2.75, 3.05) is 13.2 Å². The molecule has 2 N–H and O–H groups in total. The minimum absolute atomic E-state index is 0.218. The second kappa shape index (κ2) is 6.70. The van der Waals surface area contributed by atoms with Gasteiger partial charge in [0.05, 0.1) is 0 Å². The Morgan fingerprint density at radius 3 is 2.50 bits per heavy atom. The van der Waals surface area contributed by atoms with Crippen molar-refractivity contribution < 1.29 is 22.6 Å². The molecule has 0 bridgehead atoms. The molecule has 0 spiro atoms. The van der Waals surface area contributed by atoms with E-state index >= 15 is 0 Å². The molecule has 0 saturated carbocycles. The minimum atomic E-state index is -4.77. The van der Waals surface area contributed by atoms with Crippen LogP contribution in [0.3, 0.4) is 0 Å². The van der Waals surface area contributed by atoms with Crippen LogP contribution in [0.2, 0.25) is 0 Å². The molecule has 3 nitrogen and oxygen atoms in total. The summed E-state index contributed by atoms with van der Waals surface area (Å²) in [5.74, 6) is -0.0197. The van der Waals surface area contributed by atoms with Gasteiger partial charge in [0.25, 0.3) is 0 Å². The number of halogens is 3. The highest BCUT2D eigenvalue weighted by molar-refractivity contribution is 5.72. The maximum atomic E-state index is 12.6. The van der Waals surface area contributed by atoms with Crippen molar-refractivity contribution in [3.8, 4) is 22.6 Å². The van der Waals surface area contributed by atoms with Gasteiger partial charge >= 0.3 is 6.36 Å². The summed E-state index contributed by atoms with van der Waals surface area (Å²) in [5, 5.41) is 0. The zero-order chi connectivity index (χ0) is 16.2. The summed E-state index contributed by atoms with van der Waals surface area (Å²) in [6, 6.07) is 11.5. The summed E-state index contributed by atoms with van der Waals surface area (Å²) < 4.78 is 47.2. The van der Waals surface area contributed by atoms with Gasteiger partial charge in [-0.2, -0.15) is 0 Å². The minimum Gasteiger partial charge on any atom is -0.492 e. The molecule has 0 aliphatic carbocycles. The predicted octanol–water partition coefficient (Wildman–Crippen LogP) is 3.90. The van der Waals surface area contributed by atoms with E-state index in [9.17, 15) is 13.2 Å². The first kappa shape index (κ1) is 16.2. The van der Waals surface area contributed by atoms with Crippen LogP contribution in [-0.4, -0.2) is 19.5 Å². The molecule has 0 aromatic heterocycles. The van der Waals surface area contributed by atoms with Gasteiger partial charge in [-0.3, -0.25) is 0 Å². The summed E-state index contributed by atoms with van der Waals surface area (Å²) in [5.41, 5.74) is 7.25. The van der Waals surface area contributed by atoms with E-state index in [1.165, 1.54) is 6.07 Å².